The van der Waals surface area contributed by atoms with E-state index in [1.54, 1.807) is 17.6 Å². The molecule has 1 aliphatic carbocycles. The summed E-state index contributed by atoms with van der Waals surface area (Å²) in [6.07, 6.45) is 5.24. The van der Waals surface area contributed by atoms with Gasteiger partial charge in [-0.15, -0.1) is 11.3 Å². The van der Waals surface area contributed by atoms with Crippen molar-refractivity contribution in [3.8, 4) is 0 Å². The van der Waals surface area contributed by atoms with Gasteiger partial charge in [-0.2, -0.15) is 0 Å². The van der Waals surface area contributed by atoms with Gasteiger partial charge in [0, 0.05) is 29.8 Å². The zero-order valence-corrected chi connectivity index (χ0v) is 15.6. The molecule has 0 unspecified atom stereocenters. The van der Waals surface area contributed by atoms with E-state index in [0.29, 0.717) is 32.1 Å². The third kappa shape index (κ3) is 4.01. The lowest BCUT2D eigenvalue weighted by Crippen LogP contribution is -2.44. The van der Waals surface area contributed by atoms with Gasteiger partial charge >= 0.3 is 0 Å². The van der Waals surface area contributed by atoms with E-state index < -0.39 is 0 Å². The first-order valence-corrected chi connectivity index (χ1v) is 10.2. The summed E-state index contributed by atoms with van der Waals surface area (Å²) in [4.78, 5) is 30.4. The average Bonchev–Trinajstić information content (AvgIpc) is 3.15. The number of piperidine rings is 1. The van der Waals surface area contributed by atoms with E-state index in [1.807, 2.05) is 33.4 Å². The van der Waals surface area contributed by atoms with Crippen molar-refractivity contribution < 1.29 is 14.0 Å². The van der Waals surface area contributed by atoms with E-state index in [4.69, 9.17) is 4.42 Å². The molecule has 2 aromatic rings. The number of nitrogens with zero attached hydrogens (tertiary/aromatic N) is 2. The number of likely N-dealkylation sites (tertiary alicyclic amines) is 1. The monoisotopic (exact) mass is 372 g/mol. The quantitative estimate of drug-likeness (QED) is 0.780. The van der Waals surface area contributed by atoms with Gasteiger partial charge in [0.15, 0.2) is 0 Å². The number of rotatable bonds is 6. The molecule has 1 saturated carbocycles. The van der Waals surface area contributed by atoms with Crippen molar-refractivity contribution in [1.82, 2.24) is 9.80 Å². The maximum atomic E-state index is 13.2. The number of amides is 2. The summed E-state index contributed by atoms with van der Waals surface area (Å²) < 4.78 is 5.46. The number of carbonyl (C=O) groups is 2. The lowest BCUT2D eigenvalue weighted by molar-refractivity contribution is -0.142. The molecular weight excluding hydrogens is 348 g/mol. The number of hydrogen-bond acceptors (Lipinski definition) is 4. The Kier molecular flexibility index (Phi) is 5.11. The van der Waals surface area contributed by atoms with Gasteiger partial charge in [0.25, 0.3) is 0 Å². The predicted molar refractivity (Wildman–Crippen MR) is 99.3 cm³/mol. The Morgan fingerprint density at radius 2 is 1.88 bits per heavy atom. The molecule has 4 rings (SSSR count). The smallest absolute Gasteiger partial charge is 0.226 e. The van der Waals surface area contributed by atoms with Gasteiger partial charge in [-0.1, -0.05) is 6.07 Å². The minimum Gasteiger partial charge on any atom is -0.467 e. The lowest BCUT2D eigenvalue weighted by atomic mass is 9.94. The van der Waals surface area contributed by atoms with Gasteiger partial charge < -0.3 is 14.2 Å². The molecule has 2 fully saturated rings. The Morgan fingerprint density at radius 1 is 1.08 bits per heavy atom. The largest absolute Gasteiger partial charge is 0.467 e. The molecule has 0 atom stereocenters. The van der Waals surface area contributed by atoms with Crippen molar-refractivity contribution >= 4 is 23.2 Å². The van der Waals surface area contributed by atoms with Crippen molar-refractivity contribution in [2.45, 2.75) is 38.8 Å². The van der Waals surface area contributed by atoms with E-state index in [9.17, 15) is 9.59 Å². The van der Waals surface area contributed by atoms with Gasteiger partial charge in [-0.05, 0) is 49.3 Å². The molecule has 0 N–H and O–H groups in total. The van der Waals surface area contributed by atoms with Crippen molar-refractivity contribution in [2.75, 3.05) is 13.1 Å². The molecule has 2 aromatic heterocycles. The summed E-state index contributed by atoms with van der Waals surface area (Å²) >= 11 is 1.66. The maximum absolute atomic E-state index is 13.2. The molecule has 1 aliphatic heterocycles. The molecule has 2 amide bonds. The number of hydrogen-bond donors (Lipinski definition) is 0. The lowest BCUT2D eigenvalue weighted by Gasteiger charge is -2.34. The van der Waals surface area contributed by atoms with Gasteiger partial charge in [-0.3, -0.25) is 9.59 Å². The Balaban J connectivity index is 1.39. The molecule has 138 valence electrons. The summed E-state index contributed by atoms with van der Waals surface area (Å²) in [5.41, 5.74) is 0. The number of furan rings is 1. The Hall–Kier alpha value is -2.08. The second-order valence-corrected chi connectivity index (χ2v) is 8.26. The molecule has 0 aromatic carbocycles. The Labute approximate surface area is 157 Å². The van der Waals surface area contributed by atoms with Gasteiger partial charge in [0.05, 0.1) is 19.4 Å². The first-order valence-electron chi connectivity index (χ1n) is 9.33. The van der Waals surface area contributed by atoms with Crippen LogP contribution in [0, 0.1) is 11.8 Å². The summed E-state index contributed by atoms with van der Waals surface area (Å²) in [5.74, 6) is 1.52. The van der Waals surface area contributed by atoms with Crippen LogP contribution < -0.4 is 0 Å². The van der Waals surface area contributed by atoms with E-state index in [0.717, 1.165) is 31.4 Å². The summed E-state index contributed by atoms with van der Waals surface area (Å²) in [6.45, 7) is 2.52. The van der Waals surface area contributed by atoms with Crippen LogP contribution in [0.1, 0.15) is 36.3 Å². The highest BCUT2D eigenvalue weighted by atomic mass is 32.1. The van der Waals surface area contributed by atoms with Gasteiger partial charge in [0.2, 0.25) is 11.8 Å². The van der Waals surface area contributed by atoms with Crippen LogP contribution in [0.25, 0.3) is 0 Å². The highest BCUT2D eigenvalue weighted by Gasteiger charge is 2.36. The fourth-order valence-corrected chi connectivity index (χ4v) is 4.31. The normalized spacial score (nSPS) is 18.1. The topological polar surface area (TPSA) is 53.8 Å². The molecule has 0 bridgehead atoms. The molecule has 6 heteroatoms. The van der Waals surface area contributed by atoms with Crippen molar-refractivity contribution in [2.24, 2.45) is 11.8 Å². The average molecular weight is 372 g/mol. The predicted octanol–water partition coefficient (Wildman–Crippen LogP) is 3.52. The molecule has 0 spiro atoms. The second kappa shape index (κ2) is 7.66. The van der Waals surface area contributed by atoms with Crippen LogP contribution in [0.15, 0.2) is 40.3 Å². The van der Waals surface area contributed by atoms with Crippen LogP contribution in [0.4, 0.5) is 0 Å². The summed E-state index contributed by atoms with van der Waals surface area (Å²) in [7, 11) is 0. The molecule has 1 saturated heterocycles. The van der Waals surface area contributed by atoms with Gasteiger partial charge in [0.1, 0.15) is 5.76 Å². The highest BCUT2D eigenvalue weighted by Crippen LogP contribution is 2.33. The van der Waals surface area contributed by atoms with Crippen molar-refractivity contribution in [3.05, 3.63) is 46.5 Å². The molecule has 2 aliphatic rings. The zero-order valence-electron chi connectivity index (χ0n) is 14.8. The van der Waals surface area contributed by atoms with E-state index in [2.05, 4.69) is 6.07 Å². The summed E-state index contributed by atoms with van der Waals surface area (Å²) in [5, 5.41) is 2.03. The molecule has 26 heavy (non-hydrogen) atoms. The fourth-order valence-electron chi connectivity index (χ4n) is 3.59. The third-order valence-electron chi connectivity index (χ3n) is 5.25. The Bertz CT molecular complexity index is 693. The number of thiophene rings is 1. The second-order valence-electron chi connectivity index (χ2n) is 7.23. The fraction of sp³-hybridized carbons (Fsp3) is 0.500. The van der Waals surface area contributed by atoms with Crippen LogP contribution in [0.5, 0.6) is 0 Å². The van der Waals surface area contributed by atoms with Crippen molar-refractivity contribution in [3.63, 3.8) is 0 Å². The Morgan fingerprint density at radius 3 is 2.50 bits per heavy atom. The first kappa shape index (κ1) is 17.3. The molecule has 5 nitrogen and oxygen atoms in total. The third-order valence-corrected chi connectivity index (χ3v) is 6.11. The molecular formula is C20H24N2O3S. The number of carbonyl (C=O) groups excluding carboxylic acids is 2. The minimum absolute atomic E-state index is 0.00632. The van der Waals surface area contributed by atoms with Crippen LogP contribution in [0.3, 0.4) is 0 Å². The first-order chi connectivity index (χ1) is 12.7. The van der Waals surface area contributed by atoms with Crippen LogP contribution in [-0.2, 0) is 22.7 Å². The molecule has 0 radical (unpaired) electrons. The van der Waals surface area contributed by atoms with E-state index >= 15 is 0 Å². The van der Waals surface area contributed by atoms with E-state index in [-0.39, 0.29) is 17.7 Å². The van der Waals surface area contributed by atoms with Crippen LogP contribution >= 0.6 is 11.3 Å². The van der Waals surface area contributed by atoms with Gasteiger partial charge in [-0.25, -0.2) is 0 Å². The van der Waals surface area contributed by atoms with Crippen molar-refractivity contribution in [1.29, 1.82) is 0 Å². The van der Waals surface area contributed by atoms with E-state index in [1.165, 1.54) is 4.88 Å². The molecule has 3 heterocycles. The van der Waals surface area contributed by atoms with Crippen LogP contribution in [0.2, 0.25) is 0 Å². The highest BCUT2D eigenvalue weighted by molar-refractivity contribution is 7.09. The zero-order chi connectivity index (χ0) is 17.9. The maximum Gasteiger partial charge on any atom is 0.226 e. The summed E-state index contributed by atoms with van der Waals surface area (Å²) in [6, 6.07) is 7.83. The standard InChI is InChI=1S/C20H24N2O3S/c23-19(15-5-6-15)21-9-7-16(8-10-21)20(24)22(13-17-3-1-11-25-17)14-18-4-2-12-26-18/h1-4,11-12,15-16H,5-10,13-14H2. The SMILES string of the molecule is O=C(C1CC1)N1CCC(C(=O)N(Cc2ccco2)Cc2cccs2)CC1. The van der Waals surface area contributed by atoms with Crippen LogP contribution in [-0.4, -0.2) is 34.7 Å². The minimum atomic E-state index is -0.00632.